The van der Waals surface area contributed by atoms with Gasteiger partial charge < -0.3 is 10.1 Å². The molecule has 0 aliphatic carbocycles. The van der Waals surface area contributed by atoms with Crippen LogP contribution in [0.25, 0.3) is 11.1 Å². The van der Waals surface area contributed by atoms with E-state index >= 15 is 0 Å². The van der Waals surface area contributed by atoms with Gasteiger partial charge in [0.25, 0.3) is 0 Å². The summed E-state index contributed by atoms with van der Waals surface area (Å²) < 4.78 is 5.99. The van der Waals surface area contributed by atoms with Crippen molar-refractivity contribution >= 4 is 0 Å². The first-order chi connectivity index (χ1) is 9.81. The van der Waals surface area contributed by atoms with Crippen molar-refractivity contribution < 1.29 is 4.74 Å². The highest BCUT2D eigenvalue weighted by atomic mass is 16.5. The van der Waals surface area contributed by atoms with E-state index in [-0.39, 0.29) is 0 Å². The van der Waals surface area contributed by atoms with Crippen LogP contribution in [0.3, 0.4) is 0 Å². The Morgan fingerprint density at radius 2 is 2.20 bits per heavy atom. The fourth-order valence-corrected chi connectivity index (χ4v) is 2.91. The Hall–Kier alpha value is -1.87. The van der Waals surface area contributed by atoms with Crippen molar-refractivity contribution in [2.24, 2.45) is 0 Å². The second kappa shape index (κ2) is 5.63. The van der Waals surface area contributed by atoms with E-state index in [0.29, 0.717) is 5.92 Å². The third-order valence-electron chi connectivity index (χ3n) is 3.98. The van der Waals surface area contributed by atoms with Crippen molar-refractivity contribution in [3.8, 4) is 16.9 Å². The standard InChI is InChI=1S/C17H20N2O/c1-12-6-8-19-11-16(12)15-5-3-4-14-13(10-18-2)7-9-20-17(14)15/h3-6,8,11,13,18H,7,9-10H2,1-2H3. The highest BCUT2D eigenvalue weighted by molar-refractivity contribution is 5.74. The molecule has 1 N–H and O–H groups in total. The number of para-hydroxylation sites is 1. The molecule has 104 valence electrons. The zero-order valence-electron chi connectivity index (χ0n) is 12.0. The largest absolute Gasteiger partial charge is 0.493 e. The topological polar surface area (TPSA) is 34.1 Å². The normalized spacial score (nSPS) is 17.4. The molecule has 1 aromatic heterocycles. The van der Waals surface area contributed by atoms with Crippen LogP contribution < -0.4 is 10.1 Å². The SMILES string of the molecule is CNCC1CCOc2c(-c3cnccc3C)cccc21. The third-order valence-corrected chi connectivity index (χ3v) is 3.98. The van der Waals surface area contributed by atoms with Crippen LogP contribution in [0.4, 0.5) is 0 Å². The number of fused-ring (bicyclic) bond motifs is 1. The van der Waals surface area contributed by atoms with Gasteiger partial charge in [0.2, 0.25) is 0 Å². The van der Waals surface area contributed by atoms with Gasteiger partial charge in [0.15, 0.2) is 0 Å². The molecule has 1 unspecified atom stereocenters. The van der Waals surface area contributed by atoms with E-state index in [1.54, 1.807) is 0 Å². The highest BCUT2D eigenvalue weighted by Crippen LogP contribution is 2.41. The molecular weight excluding hydrogens is 248 g/mol. The van der Waals surface area contributed by atoms with Crippen molar-refractivity contribution in [2.45, 2.75) is 19.3 Å². The molecule has 0 spiro atoms. The monoisotopic (exact) mass is 268 g/mol. The fraction of sp³-hybridized carbons (Fsp3) is 0.353. The minimum atomic E-state index is 0.528. The van der Waals surface area contributed by atoms with Gasteiger partial charge in [-0.05, 0) is 37.6 Å². The van der Waals surface area contributed by atoms with Crippen LogP contribution >= 0.6 is 0 Å². The smallest absolute Gasteiger partial charge is 0.130 e. The van der Waals surface area contributed by atoms with Gasteiger partial charge >= 0.3 is 0 Å². The van der Waals surface area contributed by atoms with E-state index in [1.807, 2.05) is 25.5 Å². The molecule has 20 heavy (non-hydrogen) atoms. The molecule has 0 bridgehead atoms. The molecule has 0 saturated carbocycles. The van der Waals surface area contributed by atoms with Crippen LogP contribution in [0, 0.1) is 6.92 Å². The van der Waals surface area contributed by atoms with Crippen molar-refractivity contribution in [1.82, 2.24) is 10.3 Å². The van der Waals surface area contributed by atoms with Gasteiger partial charge in [-0.3, -0.25) is 4.98 Å². The van der Waals surface area contributed by atoms with Crippen LogP contribution in [0.2, 0.25) is 0 Å². The molecule has 2 heterocycles. The Kier molecular flexibility index (Phi) is 3.70. The van der Waals surface area contributed by atoms with Crippen LogP contribution in [-0.2, 0) is 0 Å². The molecule has 1 aromatic carbocycles. The fourth-order valence-electron chi connectivity index (χ4n) is 2.91. The van der Waals surface area contributed by atoms with Gasteiger partial charge in [0.05, 0.1) is 6.61 Å². The van der Waals surface area contributed by atoms with Gasteiger partial charge in [0.1, 0.15) is 5.75 Å². The van der Waals surface area contributed by atoms with Gasteiger partial charge in [0, 0.05) is 36.0 Å². The number of nitrogens with zero attached hydrogens (tertiary/aromatic N) is 1. The van der Waals surface area contributed by atoms with E-state index in [4.69, 9.17) is 4.74 Å². The quantitative estimate of drug-likeness (QED) is 0.928. The number of rotatable bonds is 3. The van der Waals surface area contributed by atoms with E-state index < -0.39 is 0 Å². The predicted octanol–water partition coefficient (Wildman–Crippen LogP) is 3.14. The third kappa shape index (κ3) is 2.29. The lowest BCUT2D eigenvalue weighted by atomic mass is 9.89. The van der Waals surface area contributed by atoms with Crippen LogP contribution in [0.5, 0.6) is 5.75 Å². The molecule has 1 aliphatic heterocycles. The van der Waals surface area contributed by atoms with E-state index in [2.05, 4.69) is 35.4 Å². The number of pyridine rings is 1. The first-order valence-corrected chi connectivity index (χ1v) is 7.12. The summed E-state index contributed by atoms with van der Waals surface area (Å²) in [4.78, 5) is 4.26. The molecule has 1 aliphatic rings. The number of likely N-dealkylation sites (N-methyl/N-ethyl adjacent to an activating group) is 1. The lowest BCUT2D eigenvalue weighted by Gasteiger charge is -2.28. The molecule has 3 heteroatoms. The van der Waals surface area contributed by atoms with Crippen LogP contribution in [0.15, 0.2) is 36.7 Å². The number of ether oxygens (including phenoxy) is 1. The minimum absolute atomic E-state index is 0.528. The number of aryl methyl sites for hydroxylation is 1. The zero-order chi connectivity index (χ0) is 13.9. The first kappa shape index (κ1) is 13.1. The Morgan fingerprint density at radius 3 is 3.00 bits per heavy atom. The highest BCUT2D eigenvalue weighted by Gasteiger charge is 2.23. The van der Waals surface area contributed by atoms with Crippen LogP contribution in [-0.4, -0.2) is 25.2 Å². The maximum Gasteiger partial charge on any atom is 0.130 e. The Bertz CT molecular complexity index is 610. The molecule has 0 saturated heterocycles. The van der Waals surface area contributed by atoms with Crippen molar-refractivity contribution in [2.75, 3.05) is 20.2 Å². The zero-order valence-corrected chi connectivity index (χ0v) is 12.0. The van der Waals surface area contributed by atoms with Gasteiger partial charge in [-0.1, -0.05) is 18.2 Å². The number of nitrogens with one attached hydrogen (secondary N) is 1. The number of aromatic nitrogens is 1. The molecule has 3 nitrogen and oxygen atoms in total. The Labute approximate surface area is 120 Å². The molecule has 3 rings (SSSR count). The summed E-state index contributed by atoms with van der Waals surface area (Å²) in [7, 11) is 2.00. The second-order valence-electron chi connectivity index (χ2n) is 5.31. The molecule has 1 atom stereocenters. The molecule has 0 amide bonds. The summed E-state index contributed by atoms with van der Waals surface area (Å²) in [5, 5.41) is 3.28. The van der Waals surface area contributed by atoms with Gasteiger partial charge in [-0.25, -0.2) is 0 Å². The second-order valence-corrected chi connectivity index (χ2v) is 5.31. The van der Waals surface area contributed by atoms with Gasteiger partial charge in [-0.2, -0.15) is 0 Å². The molecule has 0 fully saturated rings. The molecule has 0 radical (unpaired) electrons. The summed E-state index contributed by atoms with van der Waals surface area (Å²) >= 11 is 0. The lowest BCUT2D eigenvalue weighted by Crippen LogP contribution is -2.23. The minimum Gasteiger partial charge on any atom is -0.493 e. The van der Waals surface area contributed by atoms with Gasteiger partial charge in [-0.15, -0.1) is 0 Å². The summed E-state index contributed by atoms with van der Waals surface area (Å²) in [6, 6.07) is 8.48. The summed E-state index contributed by atoms with van der Waals surface area (Å²) in [5.41, 5.74) is 4.86. The van der Waals surface area contributed by atoms with E-state index in [9.17, 15) is 0 Å². The summed E-state index contributed by atoms with van der Waals surface area (Å²) in [6.07, 6.45) is 4.83. The van der Waals surface area contributed by atoms with Crippen molar-refractivity contribution in [3.63, 3.8) is 0 Å². The van der Waals surface area contributed by atoms with E-state index in [1.165, 1.54) is 11.1 Å². The average Bonchev–Trinajstić information content (AvgIpc) is 2.48. The Balaban J connectivity index is 2.10. The average molecular weight is 268 g/mol. The summed E-state index contributed by atoms with van der Waals surface area (Å²) in [5.74, 6) is 1.57. The van der Waals surface area contributed by atoms with Crippen molar-refractivity contribution in [1.29, 1.82) is 0 Å². The predicted molar refractivity (Wildman–Crippen MR) is 81.2 cm³/mol. The van der Waals surface area contributed by atoms with E-state index in [0.717, 1.165) is 36.4 Å². The number of hydrogen-bond acceptors (Lipinski definition) is 3. The number of hydrogen-bond donors (Lipinski definition) is 1. The molecule has 2 aromatic rings. The van der Waals surface area contributed by atoms with Crippen molar-refractivity contribution in [3.05, 3.63) is 47.8 Å². The maximum absolute atomic E-state index is 5.99. The first-order valence-electron chi connectivity index (χ1n) is 7.12. The van der Waals surface area contributed by atoms with Crippen LogP contribution in [0.1, 0.15) is 23.5 Å². The number of benzene rings is 1. The Morgan fingerprint density at radius 1 is 1.30 bits per heavy atom. The lowest BCUT2D eigenvalue weighted by molar-refractivity contribution is 0.267. The summed E-state index contributed by atoms with van der Waals surface area (Å²) in [6.45, 7) is 3.89. The maximum atomic E-state index is 5.99. The molecular formula is C17H20N2O.